The van der Waals surface area contributed by atoms with Gasteiger partial charge in [0.1, 0.15) is 0 Å². The van der Waals surface area contributed by atoms with Crippen LogP contribution >= 0.6 is 0 Å². The fourth-order valence-electron chi connectivity index (χ4n) is 3.74. The molecular formula is C24H15NO3. The zero-order valence-corrected chi connectivity index (χ0v) is 14.8. The predicted octanol–water partition coefficient (Wildman–Crippen LogP) is 4.66. The third-order valence-electron chi connectivity index (χ3n) is 5.14. The second-order valence-electron chi connectivity index (χ2n) is 6.80. The van der Waals surface area contributed by atoms with E-state index in [1.165, 1.54) is 0 Å². The molecule has 0 radical (unpaired) electrons. The molecule has 0 unspecified atom stereocenters. The van der Waals surface area contributed by atoms with Crippen LogP contribution in [-0.4, -0.2) is 22.1 Å². The van der Waals surface area contributed by atoms with Crippen molar-refractivity contribution < 1.29 is 14.8 Å². The van der Waals surface area contributed by atoms with Crippen molar-refractivity contribution in [3.63, 3.8) is 0 Å². The molecule has 1 N–H and O–H groups in total. The van der Waals surface area contributed by atoms with Gasteiger partial charge in [0.2, 0.25) is 0 Å². The molecule has 0 spiro atoms. The van der Waals surface area contributed by atoms with E-state index in [0.29, 0.717) is 11.1 Å². The number of amides is 2. The van der Waals surface area contributed by atoms with Crippen molar-refractivity contribution in [2.45, 2.75) is 0 Å². The number of benzene rings is 4. The first-order chi connectivity index (χ1) is 13.6. The second kappa shape index (κ2) is 6.15. The van der Waals surface area contributed by atoms with Crippen molar-refractivity contribution in [1.82, 2.24) is 5.06 Å². The Morgan fingerprint density at radius 1 is 0.536 bits per heavy atom. The maximum atomic E-state index is 12.7. The van der Waals surface area contributed by atoms with Crippen molar-refractivity contribution >= 4 is 44.5 Å². The van der Waals surface area contributed by atoms with Crippen LogP contribution in [0, 0.1) is 0 Å². The summed E-state index contributed by atoms with van der Waals surface area (Å²) in [5.41, 5.74) is 1.65. The Hall–Kier alpha value is -3.76. The highest BCUT2D eigenvalue weighted by Crippen LogP contribution is 2.36. The molecule has 4 heteroatoms. The molecule has 4 aromatic rings. The molecule has 0 fully saturated rings. The van der Waals surface area contributed by atoms with E-state index in [0.717, 1.165) is 21.5 Å². The number of nitrogens with zero attached hydrogens (tertiary/aromatic N) is 1. The molecule has 134 valence electrons. The van der Waals surface area contributed by atoms with Crippen LogP contribution < -0.4 is 0 Å². The van der Waals surface area contributed by atoms with Gasteiger partial charge in [0.05, 0.1) is 11.1 Å². The molecule has 0 bridgehead atoms. The molecule has 1 aliphatic rings. The number of hydrogen-bond donors (Lipinski definition) is 1. The van der Waals surface area contributed by atoms with E-state index in [4.69, 9.17) is 0 Å². The maximum Gasteiger partial charge on any atom is 0.286 e. The third kappa shape index (κ3) is 2.43. The molecule has 4 aromatic carbocycles. The summed E-state index contributed by atoms with van der Waals surface area (Å²) in [6, 6.07) is 26.8. The lowest BCUT2D eigenvalue weighted by Crippen LogP contribution is -2.27. The van der Waals surface area contributed by atoms with Gasteiger partial charge in [0, 0.05) is 0 Å². The summed E-state index contributed by atoms with van der Waals surface area (Å²) in [5.74, 6) is -1.41. The van der Waals surface area contributed by atoms with E-state index in [2.05, 4.69) is 0 Å². The van der Waals surface area contributed by atoms with Gasteiger partial charge in [-0.1, -0.05) is 72.8 Å². The summed E-state index contributed by atoms with van der Waals surface area (Å²) >= 11 is 0. The van der Waals surface area contributed by atoms with Crippen molar-refractivity contribution in [3.05, 3.63) is 96.1 Å². The molecule has 0 aliphatic carbocycles. The quantitative estimate of drug-likeness (QED) is 0.415. The summed E-state index contributed by atoms with van der Waals surface area (Å²) in [6.07, 6.45) is 0. The average Bonchev–Trinajstić information content (AvgIpc) is 2.97. The van der Waals surface area contributed by atoms with Gasteiger partial charge in [-0.05, 0) is 44.8 Å². The Kier molecular flexibility index (Phi) is 3.60. The maximum absolute atomic E-state index is 12.7. The predicted molar refractivity (Wildman–Crippen MR) is 108 cm³/mol. The van der Waals surface area contributed by atoms with Gasteiger partial charge in [0.15, 0.2) is 0 Å². The highest BCUT2D eigenvalue weighted by atomic mass is 16.5. The van der Waals surface area contributed by atoms with E-state index in [-0.39, 0.29) is 16.2 Å². The van der Waals surface area contributed by atoms with E-state index in [1.807, 2.05) is 84.9 Å². The van der Waals surface area contributed by atoms with Crippen LogP contribution in [0.2, 0.25) is 0 Å². The molecule has 28 heavy (non-hydrogen) atoms. The smallest absolute Gasteiger partial charge is 0.278 e. The van der Waals surface area contributed by atoms with Crippen molar-refractivity contribution in [3.8, 4) is 0 Å². The minimum absolute atomic E-state index is 0.203. The Bertz CT molecular complexity index is 1220. The number of imide groups is 1. The number of carbonyl (C=O) groups is 2. The van der Waals surface area contributed by atoms with Gasteiger partial charge in [-0.2, -0.15) is 0 Å². The van der Waals surface area contributed by atoms with E-state index >= 15 is 0 Å². The summed E-state index contributed by atoms with van der Waals surface area (Å²) in [7, 11) is 0. The number of rotatable bonds is 2. The standard InChI is InChI=1S/C24H15NO3/c26-23-21(19-11-9-15-5-1-3-7-17(15)13-19)22(24(27)25(23)28)20-12-10-16-6-2-4-8-18(16)14-20/h1-14,28H. The van der Waals surface area contributed by atoms with E-state index in [1.54, 1.807) is 0 Å². The molecule has 4 nitrogen and oxygen atoms in total. The van der Waals surface area contributed by atoms with Gasteiger partial charge in [-0.15, -0.1) is 5.06 Å². The Morgan fingerprint density at radius 2 is 0.929 bits per heavy atom. The molecule has 0 atom stereocenters. The highest BCUT2D eigenvalue weighted by molar-refractivity contribution is 6.48. The SMILES string of the molecule is O=C1C(c2ccc3ccccc3c2)=C(c2ccc3ccccc3c2)C(=O)N1O. The molecule has 0 aromatic heterocycles. The Morgan fingerprint density at radius 3 is 1.36 bits per heavy atom. The Balaban J connectivity index is 1.77. The van der Waals surface area contributed by atoms with Crippen LogP contribution in [0.4, 0.5) is 0 Å². The van der Waals surface area contributed by atoms with Gasteiger partial charge in [-0.25, -0.2) is 0 Å². The lowest BCUT2D eigenvalue weighted by atomic mass is 9.93. The largest absolute Gasteiger partial charge is 0.286 e. The minimum Gasteiger partial charge on any atom is -0.278 e. The van der Waals surface area contributed by atoms with Crippen molar-refractivity contribution in [2.24, 2.45) is 0 Å². The highest BCUT2D eigenvalue weighted by Gasteiger charge is 2.39. The van der Waals surface area contributed by atoms with E-state index in [9.17, 15) is 14.8 Å². The number of hydroxylamine groups is 2. The molecular weight excluding hydrogens is 350 g/mol. The first kappa shape index (κ1) is 16.4. The number of fused-ring (bicyclic) bond motifs is 2. The fraction of sp³-hybridized carbons (Fsp3) is 0. The van der Waals surface area contributed by atoms with Crippen LogP contribution in [0.15, 0.2) is 84.9 Å². The minimum atomic E-state index is -0.705. The fourth-order valence-corrected chi connectivity index (χ4v) is 3.74. The van der Waals surface area contributed by atoms with Crippen LogP contribution in [-0.2, 0) is 9.59 Å². The lowest BCUT2D eigenvalue weighted by molar-refractivity contribution is -0.168. The molecule has 5 rings (SSSR count). The number of hydrogen-bond acceptors (Lipinski definition) is 3. The molecule has 1 aliphatic heterocycles. The topological polar surface area (TPSA) is 57.6 Å². The first-order valence-corrected chi connectivity index (χ1v) is 8.94. The Labute approximate surface area is 160 Å². The number of carbonyl (C=O) groups excluding carboxylic acids is 2. The summed E-state index contributed by atoms with van der Waals surface area (Å²) < 4.78 is 0. The van der Waals surface area contributed by atoms with Crippen LogP contribution in [0.1, 0.15) is 11.1 Å². The lowest BCUT2D eigenvalue weighted by Gasteiger charge is -2.07. The zero-order chi connectivity index (χ0) is 19.3. The third-order valence-corrected chi connectivity index (χ3v) is 5.14. The molecule has 0 saturated carbocycles. The van der Waals surface area contributed by atoms with Crippen LogP contribution in [0.3, 0.4) is 0 Å². The summed E-state index contributed by atoms with van der Waals surface area (Å²) in [4.78, 5) is 25.4. The van der Waals surface area contributed by atoms with Gasteiger partial charge in [0.25, 0.3) is 11.8 Å². The van der Waals surface area contributed by atoms with Crippen LogP contribution in [0.25, 0.3) is 32.7 Å². The molecule has 2 amide bonds. The summed E-state index contributed by atoms with van der Waals surface area (Å²) in [6.45, 7) is 0. The van der Waals surface area contributed by atoms with E-state index < -0.39 is 11.8 Å². The van der Waals surface area contributed by atoms with Crippen LogP contribution in [0.5, 0.6) is 0 Å². The van der Waals surface area contributed by atoms with Gasteiger partial charge < -0.3 is 0 Å². The zero-order valence-electron chi connectivity index (χ0n) is 14.8. The van der Waals surface area contributed by atoms with Gasteiger partial charge in [-0.3, -0.25) is 14.8 Å². The summed E-state index contributed by atoms with van der Waals surface area (Å²) in [5, 5.41) is 14.2. The normalized spacial score (nSPS) is 14.5. The average molecular weight is 365 g/mol. The van der Waals surface area contributed by atoms with Gasteiger partial charge >= 0.3 is 0 Å². The molecule has 1 heterocycles. The first-order valence-electron chi connectivity index (χ1n) is 8.94. The monoisotopic (exact) mass is 365 g/mol. The molecule has 0 saturated heterocycles. The second-order valence-corrected chi connectivity index (χ2v) is 6.80. The van der Waals surface area contributed by atoms with Crippen molar-refractivity contribution in [1.29, 1.82) is 0 Å². The van der Waals surface area contributed by atoms with Crippen molar-refractivity contribution in [2.75, 3.05) is 0 Å².